The maximum absolute atomic E-state index is 12.6. The number of carbonyl (C=O) groups excluding carboxylic acids is 1. The molecule has 0 radical (unpaired) electrons. The molecule has 1 aromatic heterocycles. The molecular weight excluding hydrogens is 392 g/mol. The van der Waals surface area contributed by atoms with Crippen LogP contribution >= 0.6 is 0 Å². The molecule has 0 saturated carbocycles. The number of nitrogens with one attached hydrogen (secondary N) is 1. The Morgan fingerprint density at radius 2 is 1.74 bits per heavy atom. The van der Waals surface area contributed by atoms with Crippen LogP contribution in [0.15, 0.2) is 48.5 Å². The van der Waals surface area contributed by atoms with Gasteiger partial charge in [-0.1, -0.05) is 23.8 Å². The van der Waals surface area contributed by atoms with E-state index in [0.717, 1.165) is 29.9 Å². The van der Waals surface area contributed by atoms with E-state index in [9.17, 15) is 4.79 Å². The predicted octanol–water partition coefficient (Wildman–Crippen LogP) is 3.62. The average molecular weight is 423 g/mol. The lowest BCUT2D eigenvalue weighted by Crippen LogP contribution is -2.32. The summed E-state index contributed by atoms with van der Waals surface area (Å²) in [7, 11) is 5.18. The first-order valence-corrected chi connectivity index (χ1v) is 10.2. The van der Waals surface area contributed by atoms with Crippen molar-refractivity contribution in [3.8, 4) is 17.2 Å². The van der Waals surface area contributed by atoms with E-state index >= 15 is 0 Å². The highest BCUT2D eigenvalue weighted by molar-refractivity contribution is 5.91. The zero-order chi connectivity index (χ0) is 22.4. The molecule has 1 heterocycles. The third-order valence-corrected chi connectivity index (χ3v) is 5.02. The highest BCUT2D eigenvalue weighted by Crippen LogP contribution is 2.27. The molecule has 0 atom stereocenters. The quantitative estimate of drug-likeness (QED) is 0.570. The monoisotopic (exact) mass is 422 g/mol. The fourth-order valence-electron chi connectivity index (χ4n) is 3.33. The molecule has 1 N–H and O–H groups in total. The van der Waals surface area contributed by atoms with Crippen molar-refractivity contribution >= 4 is 11.7 Å². The number of hydrogen-bond donors (Lipinski definition) is 1. The highest BCUT2D eigenvalue weighted by atomic mass is 16.5. The summed E-state index contributed by atoms with van der Waals surface area (Å²) in [4.78, 5) is 14.6. The van der Waals surface area contributed by atoms with Gasteiger partial charge in [-0.05, 0) is 57.1 Å². The smallest absolute Gasteiger partial charge is 0.239 e. The molecule has 2 aromatic carbocycles. The van der Waals surface area contributed by atoms with Crippen LogP contribution in [0.25, 0.3) is 5.69 Å². The minimum Gasteiger partial charge on any atom is -0.493 e. The summed E-state index contributed by atoms with van der Waals surface area (Å²) in [6.07, 6.45) is 0.796. The Morgan fingerprint density at radius 3 is 2.42 bits per heavy atom. The zero-order valence-electron chi connectivity index (χ0n) is 18.8. The molecule has 1 amide bonds. The summed E-state index contributed by atoms with van der Waals surface area (Å²) < 4.78 is 12.4. The molecule has 164 valence electrons. The number of ether oxygens (including phenoxy) is 2. The normalized spacial score (nSPS) is 10.9. The lowest BCUT2D eigenvalue weighted by atomic mass is 10.1. The molecule has 0 aliphatic carbocycles. The zero-order valence-corrected chi connectivity index (χ0v) is 18.8. The van der Waals surface area contributed by atoms with E-state index in [1.54, 1.807) is 18.9 Å². The standard InChI is InChI=1S/C24H30N4O3/c1-17-6-9-20(10-7-17)28-23(14-18(2)26-28)25-24(29)16-27(3)13-12-19-8-11-21(30-4)22(15-19)31-5/h6-11,14-15H,12-13,16H2,1-5H3,(H,25,29). The Morgan fingerprint density at radius 1 is 1.03 bits per heavy atom. The Labute approximate surface area is 183 Å². The number of amides is 1. The average Bonchev–Trinajstić information content (AvgIpc) is 3.12. The molecule has 7 nitrogen and oxygen atoms in total. The van der Waals surface area contributed by atoms with Crippen LogP contribution in [-0.4, -0.2) is 54.9 Å². The number of hydrogen-bond acceptors (Lipinski definition) is 5. The fourth-order valence-corrected chi connectivity index (χ4v) is 3.33. The van der Waals surface area contributed by atoms with E-state index < -0.39 is 0 Å². The van der Waals surface area contributed by atoms with Crippen LogP contribution in [0.3, 0.4) is 0 Å². The van der Waals surface area contributed by atoms with Gasteiger partial charge in [-0.25, -0.2) is 4.68 Å². The van der Waals surface area contributed by atoms with E-state index in [4.69, 9.17) is 9.47 Å². The van der Waals surface area contributed by atoms with Crippen molar-refractivity contribution in [3.63, 3.8) is 0 Å². The minimum absolute atomic E-state index is 0.0805. The van der Waals surface area contributed by atoms with Crippen molar-refractivity contribution in [1.29, 1.82) is 0 Å². The molecular formula is C24H30N4O3. The van der Waals surface area contributed by atoms with Gasteiger partial charge in [0.25, 0.3) is 0 Å². The van der Waals surface area contributed by atoms with Gasteiger partial charge in [-0.3, -0.25) is 9.69 Å². The molecule has 7 heteroatoms. The summed E-state index contributed by atoms with van der Waals surface area (Å²) in [6, 6.07) is 15.8. The predicted molar refractivity (Wildman–Crippen MR) is 122 cm³/mol. The number of carbonyl (C=O) groups is 1. The lowest BCUT2D eigenvalue weighted by molar-refractivity contribution is -0.117. The van der Waals surface area contributed by atoms with Gasteiger partial charge in [0.05, 0.1) is 32.1 Å². The Balaban J connectivity index is 1.58. The molecule has 3 rings (SSSR count). The van der Waals surface area contributed by atoms with Gasteiger partial charge >= 0.3 is 0 Å². The maximum atomic E-state index is 12.6. The number of rotatable bonds is 9. The molecule has 0 fully saturated rings. The molecule has 3 aromatic rings. The summed E-state index contributed by atoms with van der Waals surface area (Å²) in [5, 5.41) is 7.51. The first-order valence-electron chi connectivity index (χ1n) is 10.2. The van der Waals surface area contributed by atoms with Crippen LogP contribution in [0.5, 0.6) is 11.5 Å². The van der Waals surface area contributed by atoms with Crippen molar-refractivity contribution in [1.82, 2.24) is 14.7 Å². The minimum atomic E-state index is -0.0805. The van der Waals surface area contributed by atoms with Crippen LogP contribution in [-0.2, 0) is 11.2 Å². The van der Waals surface area contributed by atoms with Crippen LogP contribution in [0, 0.1) is 13.8 Å². The Kier molecular flexibility index (Phi) is 7.31. The second-order valence-corrected chi connectivity index (χ2v) is 7.64. The first kappa shape index (κ1) is 22.4. The van der Waals surface area contributed by atoms with Gasteiger partial charge in [0, 0.05) is 12.6 Å². The molecule has 0 bridgehead atoms. The van der Waals surface area contributed by atoms with E-state index in [1.165, 1.54) is 5.56 Å². The van der Waals surface area contributed by atoms with Crippen LogP contribution in [0.1, 0.15) is 16.8 Å². The summed E-state index contributed by atoms with van der Waals surface area (Å²) in [5.41, 5.74) is 4.06. The van der Waals surface area contributed by atoms with Gasteiger partial charge < -0.3 is 14.8 Å². The highest BCUT2D eigenvalue weighted by Gasteiger charge is 2.13. The van der Waals surface area contributed by atoms with Crippen molar-refractivity contribution in [3.05, 3.63) is 65.4 Å². The largest absolute Gasteiger partial charge is 0.493 e. The van der Waals surface area contributed by atoms with Crippen molar-refractivity contribution < 1.29 is 14.3 Å². The van der Waals surface area contributed by atoms with E-state index in [2.05, 4.69) is 10.4 Å². The van der Waals surface area contributed by atoms with Crippen LogP contribution in [0.4, 0.5) is 5.82 Å². The van der Waals surface area contributed by atoms with Crippen LogP contribution in [0.2, 0.25) is 0 Å². The van der Waals surface area contributed by atoms with E-state index in [0.29, 0.717) is 17.3 Å². The van der Waals surface area contributed by atoms with Crippen molar-refractivity contribution in [2.75, 3.05) is 39.7 Å². The number of nitrogens with zero attached hydrogens (tertiary/aromatic N) is 3. The fraction of sp³-hybridized carbons (Fsp3) is 0.333. The SMILES string of the molecule is COc1ccc(CCN(C)CC(=O)Nc2cc(C)nn2-c2ccc(C)cc2)cc1OC. The molecule has 31 heavy (non-hydrogen) atoms. The second kappa shape index (κ2) is 10.1. The number of aromatic nitrogens is 2. The molecule has 0 aliphatic heterocycles. The number of likely N-dealkylation sites (N-methyl/N-ethyl adjacent to an activating group) is 1. The summed E-state index contributed by atoms with van der Waals surface area (Å²) in [6.45, 7) is 4.97. The van der Waals surface area contributed by atoms with Crippen molar-refractivity contribution in [2.24, 2.45) is 0 Å². The number of methoxy groups -OCH3 is 2. The summed E-state index contributed by atoms with van der Waals surface area (Å²) >= 11 is 0. The topological polar surface area (TPSA) is 68.6 Å². The number of anilines is 1. The maximum Gasteiger partial charge on any atom is 0.239 e. The number of benzene rings is 2. The number of aryl methyl sites for hydroxylation is 2. The van der Waals surface area contributed by atoms with Crippen LogP contribution < -0.4 is 14.8 Å². The van der Waals surface area contributed by atoms with Crippen molar-refractivity contribution in [2.45, 2.75) is 20.3 Å². The van der Waals surface area contributed by atoms with Gasteiger partial charge in [0.2, 0.25) is 5.91 Å². The molecule has 0 saturated heterocycles. The second-order valence-electron chi connectivity index (χ2n) is 7.64. The van der Waals surface area contributed by atoms with Gasteiger partial charge in [-0.15, -0.1) is 0 Å². The molecule has 0 unspecified atom stereocenters. The third-order valence-electron chi connectivity index (χ3n) is 5.02. The Bertz CT molecular complexity index is 1030. The molecule has 0 spiro atoms. The van der Waals surface area contributed by atoms with E-state index in [-0.39, 0.29) is 12.5 Å². The molecule has 0 aliphatic rings. The van der Waals surface area contributed by atoms with Gasteiger partial charge in [0.15, 0.2) is 11.5 Å². The van der Waals surface area contributed by atoms with Gasteiger partial charge in [-0.2, -0.15) is 5.10 Å². The first-order chi connectivity index (χ1) is 14.9. The van der Waals surface area contributed by atoms with E-state index in [1.807, 2.05) is 74.3 Å². The summed E-state index contributed by atoms with van der Waals surface area (Å²) in [5.74, 6) is 2.00. The lowest BCUT2D eigenvalue weighted by Gasteiger charge is -2.17. The Hall–Kier alpha value is -3.32. The third kappa shape index (κ3) is 5.86. The van der Waals surface area contributed by atoms with Gasteiger partial charge in [0.1, 0.15) is 5.82 Å².